The quantitative estimate of drug-likeness (QED) is 0.867. The molecule has 0 saturated heterocycles. The number of benzene rings is 1. The summed E-state index contributed by atoms with van der Waals surface area (Å²) in [6, 6.07) is 9.59. The van der Waals surface area contributed by atoms with Crippen molar-refractivity contribution in [2.45, 2.75) is 6.42 Å². The molecule has 1 aromatic carbocycles. The number of thiophene rings is 1. The minimum atomic E-state index is 0.0925. The first-order valence-electron chi connectivity index (χ1n) is 6.01. The molecule has 0 fully saturated rings. The number of Topliss-reactive ketones (excluding diaryl/α,β-unsaturated/α-hetero) is 1. The highest BCUT2D eigenvalue weighted by Gasteiger charge is 2.19. The highest BCUT2D eigenvalue weighted by molar-refractivity contribution is 9.11. The molecule has 0 amide bonds. The van der Waals surface area contributed by atoms with E-state index < -0.39 is 0 Å². The Labute approximate surface area is 123 Å². The smallest absolute Gasteiger partial charge is 0.171 e. The zero-order valence-electron chi connectivity index (χ0n) is 10.1. The van der Waals surface area contributed by atoms with Gasteiger partial charge in [0.25, 0.3) is 0 Å². The molecule has 5 heteroatoms. The van der Waals surface area contributed by atoms with E-state index in [1.54, 1.807) is 11.3 Å². The lowest BCUT2D eigenvalue weighted by Gasteiger charge is -2.21. The van der Waals surface area contributed by atoms with Crippen LogP contribution in [0.25, 0.3) is 0 Å². The van der Waals surface area contributed by atoms with Gasteiger partial charge in [0.2, 0.25) is 0 Å². The van der Waals surface area contributed by atoms with Crippen LogP contribution in [0.4, 0.5) is 5.69 Å². The van der Waals surface area contributed by atoms with Crippen LogP contribution < -0.4 is 10.1 Å². The van der Waals surface area contributed by atoms with E-state index in [9.17, 15) is 4.79 Å². The summed E-state index contributed by atoms with van der Waals surface area (Å²) < 4.78 is 6.67. The average Bonchev–Trinajstić information content (AvgIpc) is 2.83. The van der Waals surface area contributed by atoms with Gasteiger partial charge < -0.3 is 10.1 Å². The third-order valence-corrected chi connectivity index (χ3v) is 4.57. The molecule has 1 aliphatic rings. The monoisotopic (exact) mass is 337 g/mol. The summed E-state index contributed by atoms with van der Waals surface area (Å²) in [5.74, 6) is 0.782. The molecule has 0 atom stereocenters. The summed E-state index contributed by atoms with van der Waals surface area (Å²) in [4.78, 5) is 13.4. The van der Waals surface area contributed by atoms with Crippen molar-refractivity contribution in [1.29, 1.82) is 0 Å². The predicted octanol–water partition coefficient (Wildman–Crippen LogP) is 3.74. The highest BCUT2D eigenvalue weighted by Crippen LogP contribution is 2.32. The van der Waals surface area contributed by atoms with Crippen LogP contribution in [0, 0.1) is 0 Å². The summed E-state index contributed by atoms with van der Waals surface area (Å²) in [5, 5.41) is 3.24. The lowest BCUT2D eigenvalue weighted by atomic mass is 10.0. The minimum Gasteiger partial charge on any atom is -0.489 e. The number of ketones is 1. The van der Waals surface area contributed by atoms with E-state index in [-0.39, 0.29) is 5.78 Å². The van der Waals surface area contributed by atoms with Gasteiger partial charge in [0, 0.05) is 17.8 Å². The molecule has 0 radical (unpaired) electrons. The molecule has 1 aliphatic heterocycles. The zero-order chi connectivity index (χ0) is 13.2. The van der Waals surface area contributed by atoms with Crippen molar-refractivity contribution in [2.24, 2.45) is 0 Å². The van der Waals surface area contributed by atoms with Crippen LogP contribution in [-0.2, 0) is 6.42 Å². The summed E-state index contributed by atoms with van der Waals surface area (Å²) in [5.41, 5.74) is 1.57. The van der Waals surface area contributed by atoms with Gasteiger partial charge in [-0.3, -0.25) is 4.79 Å². The normalized spacial score (nSPS) is 13.3. The van der Waals surface area contributed by atoms with E-state index in [4.69, 9.17) is 4.74 Å². The molecule has 2 heterocycles. The molecular formula is C14H12BrNO2S. The van der Waals surface area contributed by atoms with Crippen molar-refractivity contribution in [3.8, 4) is 5.75 Å². The number of rotatable bonds is 3. The van der Waals surface area contributed by atoms with Crippen molar-refractivity contribution in [1.82, 2.24) is 0 Å². The van der Waals surface area contributed by atoms with Crippen LogP contribution in [0.1, 0.15) is 15.2 Å². The molecule has 0 unspecified atom stereocenters. The molecule has 0 spiro atoms. The average molecular weight is 338 g/mol. The Morgan fingerprint density at radius 3 is 3.05 bits per heavy atom. The maximum atomic E-state index is 12.4. The second-order valence-corrected chi connectivity index (χ2v) is 6.81. The number of para-hydroxylation sites is 1. The van der Waals surface area contributed by atoms with Crippen molar-refractivity contribution in [3.05, 3.63) is 44.6 Å². The van der Waals surface area contributed by atoms with Crippen molar-refractivity contribution in [2.75, 3.05) is 18.5 Å². The Morgan fingerprint density at radius 2 is 2.26 bits per heavy atom. The van der Waals surface area contributed by atoms with Gasteiger partial charge in [0.05, 0.1) is 15.0 Å². The molecule has 0 aliphatic carbocycles. The van der Waals surface area contributed by atoms with Crippen LogP contribution in [0.3, 0.4) is 0 Å². The Kier molecular flexibility index (Phi) is 3.57. The first-order valence-corrected chi connectivity index (χ1v) is 7.62. The summed E-state index contributed by atoms with van der Waals surface area (Å²) in [6.45, 7) is 1.38. The molecular weight excluding hydrogens is 326 g/mol. The van der Waals surface area contributed by atoms with Crippen LogP contribution in [0.15, 0.2) is 34.1 Å². The Balaban J connectivity index is 1.87. The Bertz CT molecular complexity index is 624. The van der Waals surface area contributed by atoms with Gasteiger partial charge in [0.1, 0.15) is 6.61 Å². The third kappa shape index (κ3) is 2.67. The molecule has 0 saturated carbocycles. The fraction of sp³-hybridized carbons (Fsp3) is 0.214. The first kappa shape index (κ1) is 12.7. The van der Waals surface area contributed by atoms with Gasteiger partial charge in [0.15, 0.2) is 11.5 Å². The minimum absolute atomic E-state index is 0.0925. The fourth-order valence-electron chi connectivity index (χ4n) is 2.09. The van der Waals surface area contributed by atoms with E-state index in [0.29, 0.717) is 24.3 Å². The number of hydrogen-bond acceptors (Lipinski definition) is 4. The number of halogens is 1. The number of fused-ring (bicyclic) bond motifs is 1. The lowest BCUT2D eigenvalue weighted by Crippen LogP contribution is -2.20. The first-order chi connectivity index (χ1) is 9.24. The second kappa shape index (κ2) is 5.35. The molecule has 1 N–H and O–H groups in total. The van der Waals surface area contributed by atoms with Gasteiger partial charge in [-0.2, -0.15) is 0 Å². The Morgan fingerprint density at radius 1 is 1.37 bits per heavy atom. The number of carbonyl (C=O) groups excluding carboxylic acids is 1. The Hall–Kier alpha value is -1.33. The van der Waals surface area contributed by atoms with Gasteiger partial charge in [-0.25, -0.2) is 0 Å². The van der Waals surface area contributed by atoms with E-state index in [0.717, 1.165) is 20.9 Å². The van der Waals surface area contributed by atoms with Crippen molar-refractivity contribution < 1.29 is 9.53 Å². The summed E-state index contributed by atoms with van der Waals surface area (Å²) in [7, 11) is 0. The number of anilines is 1. The van der Waals surface area contributed by atoms with E-state index in [2.05, 4.69) is 21.2 Å². The zero-order valence-corrected chi connectivity index (χ0v) is 12.5. The van der Waals surface area contributed by atoms with Crippen LogP contribution >= 0.6 is 27.3 Å². The van der Waals surface area contributed by atoms with Gasteiger partial charge >= 0.3 is 0 Å². The van der Waals surface area contributed by atoms with Gasteiger partial charge in [-0.05, 0) is 40.2 Å². The summed E-state index contributed by atoms with van der Waals surface area (Å²) >= 11 is 5.00. The summed E-state index contributed by atoms with van der Waals surface area (Å²) in [6.07, 6.45) is 0.413. The second-order valence-electron chi connectivity index (χ2n) is 4.26. The third-order valence-electron chi connectivity index (χ3n) is 2.94. The molecule has 3 nitrogen and oxygen atoms in total. The van der Waals surface area contributed by atoms with E-state index in [1.165, 1.54) is 0 Å². The van der Waals surface area contributed by atoms with Crippen molar-refractivity contribution in [3.63, 3.8) is 0 Å². The fourth-order valence-corrected chi connectivity index (χ4v) is 3.57. The number of carbonyl (C=O) groups is 1. The lowest BCUT2D eigenvalue weighted by molar-refractivity contribution is 0.0990. The number of ether oxygens (including phenoxy) is 1. The highest BCUT2D eigenvalue weighted by atomic mass is 79.9. The van der Waals surface area contributed by atoms with Gasteiger partial charge in [-0.1, -0.05) is 6.07 Å². The molecule has 0 bridgehead atoms. The topological polar surface area (TPSA) is 38.3 Å². The molecule has 1 aromatic heterocycles. The molecule has 98 valence electrons. The van der Waals surface area contributed by atoms with Crippen LogP contribution in [0.5, 0.6) is 5.75 Å². The van der Waals surface area contributed by atoms with Crippen molar-refractivity contribution >= 4 is 38.7 Å². The maximum Gasteiger partial charge on any atom is 0.171 e. The largest absolute Gasteiger partial charge is 0.489 e. The van der Waals surface area contributed by atoms with Crippen LogP contribution in [0.2, 0.25) is 0 Å². The van der Waals surface area contributed by atoms with E-state index >= 15 is 0 Å². The maximum absolute atomic E-state index is 12.4. The van der Waals surface area contributed by atoms with Crippen LogP contribution in [-0.4, -0.2) is 18.9 Å². The molecule has 3 rings (SSSR count). The standard InChI is InChI=1S/C14H12BrNO2S/c15-13-5-4-9(19-13)8-12(17)10-2-1-3-11-14(10)18-7-6-16-11/h1-5,16H,6-8H2. The number of hydrogen-bond donors (Lipinski definition) is 1. The van der Waals surface area contributed by atoms with Gasteiger partial charge in [-0.15, -0.1) is 11.3 Å². The SMILES string of the molecule is O=C(Cc1ccc(Br)s1)c1cccc2c1OCCN2. The van der Waals surface area contributed by atoms with E-state index in [1.807, 2.05) is 30.3 Å². The predicted molar refractivity (Wildman–Crippen MR) is 80.5 cm³/mol. The molecule has 19 heavy (non-hydrogen) atoms. The molecule has 2 aromatic rings. The number of nitrogens with one attached hydrogen (secondary N) is 1.